The van der Waals surface area contributed by atoms with Gasteiger partial charge in [-0.05, 0) is 61.9 Å². The number of carbonyl (C=O) groups is 1. The maximum Gasteiger partial charge on any atom is 0.302 e. The third-order valence-corrected chi connectivity index (χ3v) is 7.02. The summed E-state index contributed by atoms with van der Waals surface area (Å²) < 4.78 is 5.36. The van der Waals surface area contributed by atoms with Gasteiger partial charge in [0.05, 0.1) is 25.4 Å². The van der Waals surface area contributed by atoms with E-state index in [0.717, 1.165) is 24.0 Å². The Bertz CT molecular complexity index is 598. The first-order valence-electron chi connectivity index (χ1n) is 9.98. The van der Waals surface area contributed by atoms with Gasteiger partial charge in [0.25, 0.3) is 0 Å². The number of aliphatic hydroxyl groups excluding tert-OH is 3. The fourth-order valence-corrected chi connectivity index (χ4v) is 5.74. The number of carbonyl (C=O) groups excluding carboxylic acids is 1. The summed E-state index contributed by atoms with van der Waals surface area (Å²) in [7, 11) is 0. The van der Waals surface area contributed by atoms with E-state index in [1.165, 1.54) is 6.92 Å². The van der Waals surface area contributed by atoms with Crippen LogP contribution in [0.25, 0.3) is 0 Å². The van der Waals surface area contributed by atoms with Gasteiger partial charge in [0.1, 0.15) is 0 Å². The van der Waals surface area contributed by atoms with Crippen molar-refractivity contribution in [2.24, 2.45) is 22.7 Å². The number of hydrogen-bond acceptors (Lipinski definition) is 5. The highest BCUT2D eigenvalue weighted by Gasteiger charge is 2.58. The van der Waals surface area contributed by atoms with Crippen LogP contribution in [-0.4, -0.2) is 46.7 Å². The Hall–Kier alpha value is -1.17. The van der Waals surface area contributed by atoms with Gasteiger partial charge in [0.2, 0.25) is 0 Å². The maximum absolute atomic E-state index is 11.4. The molecule has 0 aromatic heterocycles. The zero-order chi connectivity index (χ0) is 20.4. The number of hydrogen-bond donors (Lipinski definition) is 3. The first-order valence-corrected chi connectivity index (χ1v) is 9.98. The lowest BCUT2D eigenvalue weighted by Crippen LogP contribution is -2.58. The Kier molecular flexibility index (Phi) is 6.93. The summed E-state index contributed by atoms with van der Waals surface area (Å²) in [6.45, 7) is 12.1. The SMILES string of the molecule is C=C1[C@H](O)C[C@H]2[C@@](C)(COC(C)=O)C[C@H](O)C[C@]2(C)[C@H]1CC/C(C)=C\CO. The Morgan fingerprint density at radius 2 is 1.96 bits per heavy atom. The second kappa shape index (κ2) is 8.46. The first-order chi connectivity index (χ1) is 12.5. The van der Waals surface area contributed by atoms with Crippen LogP contribution in [0.4, 0.5) is 0 Å². The number of esters is 1. The van der Waals surface area contributed by atoms with Crippen LogP contribution in [0, 0.1) is 22.7 Å². The van der Waals surface area contributed by atoms with Crippen LogP contribution >= 0.6 is 0 Å². The van der Waals surface area contributed by atoms with Crippen molar-refractivity contribution in [3.05, 3.63) is 23.8 Å². The molecule has 0 bridgehead atoms. The second-order valence-corrected chi connectivity index (χ2v) is 9.21. The number of fused-ring (bicyclic) bond motifs is 1. The van der Waals surface area contributed by atoms with Crippen molar-refractivity contribution in [3.63, 3.8) is 0 Å². The van der Waals surface area contributed by atoms with Crippen molar-refractivity contribution in [1.82, 2.24) is 0 Å². The highest BCUT2D eigenvalue weighted by Crippen LogP contribution is 2.62. The molecule has 0 aromatic carbocycles. The molecule has 154 valence electrons. The lowest BCUT2D eigenvalue weighted by molar-refractivity contribution is -0.167. The molecule has 0 heterocycles. The quantitative estimate of drug-likeness (QED) is 0.487. The summed E-state index contributed by atoms with van der Waals surface area (Å²) in [4.78, 5) is 11.4. The van der Waals surface area contributed by atoms with Crippen molar-refractivity contribution in [2.45, 2.75) is 72.0 Å². The van der Waals surface area contributed by atoms with Crippen LogP contribution in [0.15, 0.2) is 23.8 Å². The van der Waals surface area contributed by atoms with Gasteiger partial charge in [-0.25, -0.2) is 0 Å². The van der Waals surface area contributed by atoms with Crippen LogP contribution in [0.5, 0.6) is 0 Å². The Labute approximate surface area is 163 Å². The highest BCUT2D eigenvalue weighted by molar-refractivity contribution is 5.65. The predicted molar refractivity (Wildman–Crippen MR) is 105 cm³/mol. The standard InChI is InChI=1S/C22H36O5/c1-14(8-9-23)6-7-18-15(2)19(26)10-20-21(4,13-27-16(3)24)11-17(25)12-22(18,20)5/h8,17-20,23,25-26H,2,6-7,9-13H2,1,3-5H3/b14-8-/t17-,18-,19+,20-,21+,22+/m0/s1. The molecule has 2 saturated carbocycles. The van der Waals surface area contributed by atoms with Gasteiger partial charge in [0, 0.05) is 12.3 Å². The molecule has 2 aliphatic carbocycles. The van der Waals surface area contributed by atoms with Gasteiger partial charge in [-0.3, -0.25) is 4.79 Å². The number of rotatable bonds is 6. The van der Waals surface area contributed by atoms with Crippen molar-refractivity contribution < 1.29 is 24.9 Å². The molecule has 0 unspecified atom stereocenters. The Balaban J connectivity index is 2.33. The molecule has 0 aromatic rings. The fraction of sp³-hybridized carbons (Fsp3) is 0.773. The Morgan fingerprint density at radius 1 is 1.30 bits per heavy atom. The highest BCUT2D eigenvalue weighted by atomic mass is 16.5. The van der Waals surface area contributed by atoms with E-state index in [-0.39, 0.29) is 41.8 Å². The third-order valence-electron chi connectivity index (χ3n) is 7.02. The molecule has 2 rings (SSSR count). The monoisotopic (exact) mass is 380 g/mol. The van der Waals surface area contributed by atoms with E-state index < -0.39 is 12.2 Å². The molecule has 5 heteroatoms. The predicted octanol–water partition coefficient (Wildman–Crippen LogP) is 2.99. The summed E-state index contributed by atoms with van der Waals surface area (Å²) in [6.07, 6.45) is 4.21. The molecule has 6 atom stereocenters. The minimum Gasteiger partial charge on any atom is -0.465 e. The van der Waals surface area contributed by atoms with Crippen LogP contribution in [0.2, 0.25) is 0 Å². The van der Waals surface area contributed by atoms with Crippen molar-refractivity contribution in [3.8, 4) is 0 Å². The molecule has 0 spiro atoms. The minimum absolute atomic E-state index is 0.0269. The molecule has 5 nitrogen and oxygen atoms in total. The molecule has 0 amide bonds. The lowest BCUT2D eigenvalue weighted by Gasteiger charge is -2.60. The molecule has 2 aliphatic rings. The number of aliphatic hydroxyl groups is 3. The van der Waals surface area contributed by atoms with Crippen molar-refractivity contribution in [2.75, 3.05) is 13.2 Å². The molecule has 27 heavy (non-hydrogen) atoms. The van der Waals surface area contributed by atoms with Gasteiger partial charge in [-0.2, -0.15) is 0 Å². The second-order valence-electron chi connectivity index (χ2n) is 9.21. The van der Waals surface area contributed by atoms with Crippen LogP contribution < -0.4 is 0 Å². The number of allylic oxidation sites excluding steroid dienone is 1. The van der Waals surface area contributed by atoms with Crippen molar-refractivity contribution in [1.29, 1.82) is 0 Å². The minimum atomic E-state index is -0.581. The normalized spacial score (nSPS) is 39.8. The van der Waals surface area contributed by atoms with E-state index in [1.54, 1.807) is 0 Å². The number of ether oxygens (including phenoxy) is 1. The van der Waals surface area contributed by atoms with E-state index in [0.29, 0.717) is 19.3 Å². The summed E-state index contributed by atoms with van der Waals surface area (Å²) in [5.74, 6) is -0.125. The van der Waals surface area contributed by atoms with E-state index in [4.69, 9.17) is 9.84 Å². The van der Waals surface area contributed by atoms with Gasteiger partial charge < -0.3 is 20.1 Å². The first kappa shape index (κ1) is 22.1. The van der Waals surface area contributed by atoms with Crippen LogP contribution in [0.1, 0.15) is 59.8 Å². The topological polar surface area (TPSA) is 87.0 Å². The summed E-state index contributed by atoms with van der Waals surface area (Å²) in [5, 5.41) is 30.5. The van der Waals surface area contributed by atoms with Gasteiger partial charge >= 0.3 is 5.97 Å². The van der Waals surface area contributed by atoms with Crippen molar-refractivity contribution >= 4 is 5.97 Å². The van der Waals surface area contributed by atoms with Gasteiger partial charge in [0.15, 0.2) is 0 Å². The largest absolute Gasteiger partial charge is 0.465 e. The smallest absolute Gasteiger partial charge is 0.302 e. The van der Waals surface area contributed by atoms with Crippen LogP contribution in [-0.2, 0) is 9.53 Å². The van der Waals surface area contributed by atoms with Gasteiger partial charge in [-0.15, -0.1) is 0 Å². The van der Waals surface area contributed by atoms with E-state index in [1.807, 2.05) is 13.0 Å². The lowest BCUT2D eigenvalue weighted by atomic mass is 9.45. The van der Waals surface area contributed by atoms with Crippen LogP contribution in [0.3, 0.4) is 0 Å². The molecule has 0 aliphatic heterocycles. The molecular formula is C22H36O5. The third kappa shape index (κ3) is 4.64. The molecular weight excluding hydrogens is 344 g/mol. The average Bonchev–Trinajstić information content (AvgIpc) is 2.55. The fourth-order valence-electron chi connectivity index (χ4n) is 5.74. The zero-order valence-corrected chi connectivity index (χ0v) is 17.2. The van der Waals surface area contributed by atoms with E-state index in [9.17, 15) is 15.0 Å². The summed E-state index contributed by atoms with van der Waals surface area (Å²) >= 11 is 0. The maximum atomic E-state index is 11.4. The van der Waals surface area contributed by atoms with Gasteiger partial charge in [-0.1, -0.05) is 32.1 Å². The summed E-state index contributed by atoms with van der Waals surface area (Å²) in [5.41, 5.74) is 1.36. The molecule has 0 saturated heterocycles. The summed E-state index contributed by atoms with van der Waals surface area (Å²) in [6, 6.07) is 0. The van der Waals surface area contributed by atoms with E-state index in [2.05, 4.69) is 20.4 Å². The molecule has 3 N–H and O–H groups in total. The molecule has 2 fully saturated rings. The Morgan fingerprint density at radius 3 is 2.56 bits per heavy atom. The zero-order valence-electron chi connectivity index (χ0n) is 17.2. The van der Waals surface area contributed by atoms with E-state index >= 15 is 0 Å². The average molecular weight is 381 g/mol. The molecule has 0 radical (unpaired) electrons.